The average molecular weight is 242 g/mol. The second kappa shape index (κ2) is 6.08. The first kappa shape index (κ1) is 13.3. The van der Waals surface area contributed by atoms with Crippen LogP contribution in [0.3, 0.4) is 0 Å². The Labute approximate surface area is 97.4 Å². The van der Waals surface area contributed by atoms with Gasteiger partial charge in [-0.1, -0.05) is 6.07 Å². The van der Waals surface area contributed by atoms with Gasteiger partial charge in [0.05, 0.1) is 18.6 Å². The van der Waals surface area contributed by atoms with Crippen molar-refractivity contribution in [2.45, 2.75) is 19.8 Å². The Morgan fingerprint density at radius 2 is 1.94 bits per heavy atom. The molecular weight excluding hydrogens is 230 g/mol. The number of esters is 1. The maximum Gasteiger partial charge on any atom is 0.306 e. The number of ketones is 1. The Morgan fingerprint density at radius 3 is 2.59 bits per heavy atom. The summed E-state index contributed by atoms with van der Waals surface area (Å²) in [6, 6.07) is 3.36. The van der Waals surface area contributed by atoms with Gasteiger partial charge in [-0.15, -0.1) is 0 Å². The van der Waals surface area contributed by atoms with Gasteiger partial charge in [-0.2, -0.15) is 0 Å². The van der Waals surface area contributed by atoms with Crippen molar-refractivity contribution in [3.63, 3.8) is 0 Å². The van der Waals surface area contributed by atoms with E-state index in [0.29, 0.717) is 0 Å². The van der Waals surface area contributed by atoms with Gasteiger partial charge >= 0.3 is 5.97 Å². The fourth-order valence-electron chi connectivity index (χ4n) is 1.30. The number of ether oxygens (including phenoxy) is 1. The Hall–Kier alpha value is -1.78. The van der Waals surface area contributed by atoms with E-state index >= 15 is 0 Å². The first-order valence-corrected chi connectivity index (χ1v) is 5.19. The van der Waals surface area contributed by atoms with E-state index < -0.39 is 23.4 Å². The zero-order chi connectivity index (χ0) is 12.8. The number of hydrogen-bond donors (Lipinski definition) is 0. The molecule has 0 saturated heterocycles. The van der Waals surface area contributed by atoms with Gasteiger partial charge in [-0.05, 0) is 19.1 Å². The number of hydrogen-bond acceptors (Lipinski definition) is 3. The van der Waals surface area contributed by atoms with Crippen molar-refractivity contribution in [3.8, 4) is 0 Å². The van der Waals surface area contributed by atoms with Crippen molar-refractivity contribution in [1.29, 1.82) is 0 Å². The van der Waals surface area contributed by atoms with Crippen LogP contribution in [0, 0.1) is 11.6 Å². The molecule has 0 radical (unpaired) electrons. The third-order valence-corrected chi connectivity index (χ3v) is 2.11. The molecule has 92 valence electrons. The van der Waals surface area contributed by atoms with Crippen molar-refractivity contribution >= 4 is 11.8 Å². The molecule has 17 heavy (non-hydrogen) atoms. The lowest BCUT2D eigenvalue weighted by Crippen LogP contribution is -2.09. The minimum atomic E-state index is -1.18. The minimum absolute atomic E-state index is 0.136. The highest BCUT2D eigenvalue weighted by Gasteiger charge is 2.16. The summed E-state index contributed by atoms with van der Waals surface area (Å²) in [6.45, 7) is 1.87. The number of carbonyl (C=O) groups is 2. The zero-order valence-electron chi connectivity index (χ0n) is 9.33. The molecule has 0 N–H and O–H groups in total. The van der Waals surface area contributed by atoms with E-state index in [-0.39, 0.29) is 25.0 Å². The number of carbonyl (C=O) groups excluding carboxylic acids is 2. The van der Waals surface area contributed by atoms with E-state index in [0.717, 1.165) is 6.07 Å². The number of benzene rings is 1. The third-order valence-electron chi connectivity index (χ3n) is 2.11. The van der Waals surface area contributed by atoms with Gasteiger partial charge in [0.1, 0.15) is 0 Å². The maximum atomic E-state index is 13.2. The molecule has 0 bridgehead atoms. The molecule has 1 aromatic carbocycles. The van der Waals surface area contributed by atoms with Gasteiger partial charge in [0, 0.05) is 6.42 Å². The molecule has 0 aromatic heterocycles. The second-order valence-corrected chi connectivity index (χ2v) is 3.33. The minimum Gasteiger partial charge on any atom is -0.466 e. The lowest BCUT2D eigenvalue weighted by atomic mass is 10.1. The third kappa shape index (κ3) is 3.62. The van der Waals surface area contributed by atoms with Gasteiger partial charge in [-0.25, -0.2) is 8.78 Å². The molecule has 1 rings (SSSR count). The molecule has 0 atom stereocenters. The maximum absolute atomic E-state index is 13.2. The van der Waals surface area contributed by atoms with E-state index in [1.807, 2.05) is 0 Å². The van der Waals surface area contributed by atoms with Crippen LogP contribution in [0.15, 0.2) is 18.2 Å². The highest BCUT2D eigenvalue weighted by Crippen LogP contribution is 2.14. The van der Waals surface area contributed by atoms with E-state index in [2.05, 4.69) is 4.74 Å². The topological polar surface area (TPSA) is 43.4 Å². The molecule has 0 aliphatic carbocycles. The molecule has 0 aliphatic rings. The molecule has 0 amide bonds. The summed E-state index contributed by atoms with van der Waals surface area (Å²) in [4.78, 5) is 22.5. The second-order valence-electron chi connectivity index (χ2n) is 3.33. The lowest BCUT2D eigenvalue weighted by Gasteiger charge is -2.03. The molecule has 0 aliphatic heterocycles. The van der Waals surface area contributed by atoms with Crippen LogP contribution in [0.2, 0.25) is 0 Å². The Morgan fingerprint density at radius 1 is 1.24 bits per heavy atom. The zero-order valence-corrected chi connectivity index (χ0v) is 9.33. The molecule has 0 unspecified atom stereocenters. The molecule has 0 saturated carbocycles. The number of Topliss-reactive ketones (excluding diaryl/α,β-unsaturated/α-hetero) is 1. The van der Waals surface area contributed by atoms with Crippen LogP contribution >= 0.6 is 0 Å². The molecule has 0 spiro atoms. The normalized spacial score (nSPS) is 10.1. The van der Waals surface area contributed by atoms with Gasteiger partial charge in [0.25, 0.3) is 0 Å². The van der Waals surface area contributed by atoms with Crippen molar-refractivity contribution in [1.82, 2.24) is 0 Å². The first-order chi connectivity index (χ1) is 8.06. The van der Waals surface area contributed by atoms with Crippen LogP contribution in [0.4, 0.5) is 8.78 Å². The smallest absolute Gasteiger partial charge is 0.306 e. The van der Waals surface area contributed by atoms with Crippen LogP contribution in [0.5, 0.6) is 0 Å². The predicted octanol–water partition coefficient (Wildman–Crippen LogP) is 2.49. The number of halogens is 2. The van der Waals surface area contributed by atoms with E-state index in [4.69, 9.17) is 0 Å². The summed E-state index contributed by atoms with van der Waals surface area (Å²) < 4.78 is 30.7. The van der Waals surface area contributed by atoms with Crippen LogP contribution in [-0.4, -0.2) is 18.4 Å². The lowest BCUT2D eigenvalue weighted by molar-refractivity contribution is -0.143. The van der Waals surface area contributed by atoms with Crippen molar-refractivity contribution in [3.05, 3.63) is 35.4 Å². The van der Waals surface area contributed by atoms with Crippen molar-refractivity contribution < 1.29 is 23.1 Å². The van der Waals surface area contributed by atoms with E-state index in [9.17, 15) is 18.4 Å². The van der Waals surface area contributed by atoms with Crippen LogP contribution in [-0.2, 0) is 9.53 Å². The summed E-state index contributed by atoms with van der Waals surface area (Å²) in [5.41, 5.74) is -0.339. The van der Waals surface area contributed by atoms with E-state index in [1.165, 1.54) is 12.1 Å². The monoisotopic (exact) mass is 242 g/mol. The van der Waals surface area contributed by atoms with Crippen LogP contribution in [0.25, 0.3) is 0 Å². The molecule has 0 fully saturated rings. The highest BCUT2D eigenvalue weighted by atomic mass is 19.2. The van der Waals surface area contributed by atoms with Gasteiger partial charge in [0.2, 0.25) is 0 Å². The summed E-state index contributed by atoms with van der Waals surface area (Å²) in [5.74, 6) is -3.40. The van der Waals surface area contributed by atoms with Gasteiger partial charge < -0.3 is 4.74 Å². The van der Waals surface area contributed by atoms with E-state index in [1.54, 1.807) is 6.92 Å². The summed E-state index contributed by atoms with van der Waals surface area (Å²) >= 11 is 0. The SMILES string of the molecule is CCOC(=O)CCC(=O)c1cccc(F)c1F. The van der Waals surface area contributed by atoms with Crippen molar-refractivity contribution in [2.24, 2.45) is 0 Å². The molecule has 3 nitrogen and oxygen atoms in total. The molecule has 0 heterocycles. The molecule has 5 heteroatoms. The predicted molar refractivity (Wildman–Crippen MR) is 56.6 cm³/mol. The summed E-state index contributed by atoms with van der Waals surface area (Å²) in [5, 5.41) is 0. The molecule has 1 aromatic rings. The Balaban J connectivity index is 2.64. The van der Waals surface area contributed by atoms with Crippen LogP contribution < -0.4 is 0 Å². The standard InChI is InChI=1S/C12H12F2O3/c1-2-17-11(16)7-6-10(15)8-4-3-5-9(13)12(8)14/h3-5H,2,6-7H2,1H3. The highest BCUT2D eigenvalue weighted by molar-refractivity contribution is 5.97. The summed E-state index contributed by atoms with van der Waals surface area (Å²) in [6.07, 6.45) is -0.332. The Kier molecular flexibility index (Phi) is 4.75. The first-order valence-electron chi connectivity index (χ1n) is 5.19. The average Bonchev–Trinajstić information content (AvgIpc) is 2.30. The quantitative estimate of drug-likeness (QED) is 0.588. The molecular formula is C12H12F2O3. The van der Waals surface area contributed by atoms with Crippen LogP contribution in [0.1, 0.15) is 30.1 Å². The van der Waals surface area contributed by atoms with Crippen molar-refractivity contribution in [2.75, 3.05) is 6.61 Å². The largest absolute Gasteiger partial charge is 0.466 e. The fraction of sp³-hybridized carbons (Fsp3) is 0.333. The van der Waals surface area contributed by atoms with Gasteiger partial charge in [-0.3, -0.25) is 9.59 Å². The fourth-order valence-corrected chi connectivity index (χ4v) is 1.30. The number of rotatable bonds is 5. The summed E-state index contributed by atoms with van der Waals surface area (Å²) in [7, 11) is 0. The Bertz CT molecular complexity index is 430. The van der Waals surface area contributed by atoms with Gasteiger partial charge in [0.15, 0.2) is 17.4 Å².